The molecule has 0 aliphatic carbocycles. The van der Waals surface area contributed by atoms with Gasteiger partial charge in [-0.2, -0.15) is 0 Å². The smallest absolute Gasteiger partial charge is 0.130 e. The number of hydrogen-bond acceptors (Lipinski definition) is 1. The molecule has 17 heavy (non-hydrogen) atoms. The summed E-state index contributed by atoms with van der Waals surface area (Å²) >= 11 is 0. The highest BCUT2D eigenvalue weighted by Gasteiger charge is 2.06. The second kappa shape index (κ2) is 6.55. The lowest BCUT2D eigenvalue weighted by molar-refractivity contribution is 0.592. The first-order valence-electron chi connectivity index (χ1n) is 6.19. The van der Waals surface area contributed by atoms with Crippen molar-refractivity contribution in [2.24, 2.45) is 5.92 Å². The van der Waals surface area contributed by atoms with Crippen LogP contribution in [0.25, 0.3) is 6.08 Å². The van der Waals surface area contributed by atoms with Gasteiger partial charge in [0.25, 0.3) is 0 Å². The van der Waals surface area contributed by atoms with Gasteiger partial charge in [-0.1, -0.05) is 57.5 Å². The molecule has 1 nitrogen and oxygen atoms in total. The average Bonchev–Trinajstić information content (AvgIpc) is 2.25. The van der Waals surface area contributed by atoms with E-state index in [1.807, 2.05) is 18.2 Å². The highest BCUT2D eigenvalue weighted by molar-refractivity contribution is 5.54. The molecule has 0 heterocycles. The summed E-state index contributed by atoms with van der Waals surface area (Å²) in [5.74, 6) is 0.260. The molecular formula is C15H22FN. The van der Waals surface area contributed by atoms with E-state index in [1.54, 1.807) is 6.07 Å². The van der Waals surface area contributed by atoms with Crippen LogP contribution in [0.2, 0.25) is 0 Å². The third kappa shape index (κ3) is 4.70. The predicted octanol–water partition coefficient (Wildman–Crippen LogP) is 3.86. The highest BCUT2D eigenvalue weighted by Crippen LogP contribution is 2.16. The Morgan fingerprint density at radius 3 is 2.41 bits per heavy atom. The lowest BCUT2D eigenvalue weighted by Crippen LogP contribution is -2.26. The van der Waals surface area contributed by atoms with Crippen LogP contribution in [-0.2, 0) is 0 Å². The quantitative estimate of drug-likeness (QED) is 0.817. The molecule has 0 bridgehead atoms. The van der Waals surface area contributed by atoms with Crippen molar-refractivity contribution < 1.29 is 4.39 Å². The molecule has 0 saturated carbocycles. The molecule has 2 heteroatoms. The van der Waals surface area contributed by atoms with Crippen LogP contribution in [0.3, 0.4) is 0 Å². The van der Waals surface area contributed by atoms with Gasteiger partial charge in [0.2, 0.25) is 0 Å². The Labute approximate surface area is 104 Å². The van der Waals surface area contributed by atoms with E-state index >= 15 is 0 Å². The Morgan fingerprint density at radius 2 is 1.88 bits per heavy atom. The van der Waals surface area contributed by atoms with Gasteiger partial charge < -0.3 is 5.32 Å². The van der Waals surface area contributed by atoms with Gasteiger partial charge in [-0.05, 0) is 12.0 Å². The van der Waals surface area contributed by atoms with Crippen molar-refractivity contribution in [2.75, 3.05) is 6.54 Å². The highest BCUT2D eigenvalue weighted by atomic mass is 19.1. The van der Waals surface area contributed by atoms with E-state index in [9.17, 15) is 4.39 Å². The largest absolute Gasteiger partial charge is 0.311 e. The molecule has 1 rings (SSSR count). The Hall–Kier alpha value is -1.15. The monoisotopic (exact) mass is 235 g/mol. The topological polar surface area (TPSA) is 12.0 Å². The van der Waals surface area contributed by atoms with Gasteiger partial charge in [-0.3, -0.25) is 0 Å². The minimum Gasteiger partial charge on any atom is -0.311 e. The second-order valence-electron chi connectivity index (χ2n) is 4.93. The summed E-state index contributed by atoms with van der Waals surface area (Å²) in [7, 11) is 0. The molecule has 0 radical (unpaired) electrons. The van der Waals surface area contributed by atoms with Crippen LogP contribution in [0.15, 0.2) is 29.8 Å². The van der Waals surface area contributed by atoms with Crippen molar-refractivity contribution in [3.05, 3.63) is 41.2 Å². The molecule has 0 aromatic heterocycles. The molecule has 1 aromatic carbocycles. The van der Waals surface area contributed by atoms with E-state index in [-0.39, 0.29) is 5.82 Å². The Bertz CT molecular complexity index is 380. The van der Waals surface area contributed by atoms with Crippen LogP contribution in [0, 0.1) is 11.7 Å². The average molecular weight is 235 g/mol. The van der Waals surface area contributed by atoms with Gasteiger partial charge in [-0.25, -0.2) is 4.39 Å². The molecule has 0 fully saturated rings. The molecule has 0 atom stereocenters. The summed E-state index contributed by atoms with van der Waals surface area (Å²) in [6, 6.07) is 7.33. The zero-order chi connectivity index (χ0) is 12.8. The summed E-state index contributed by atoms with van der Waals surface area (Å²) in [5.41, 5.74) is 1.89. The van der Waals surface area contributed by atoms with Gasteiger partial charge in [0, 0.05) is 18.2 Å². The van der Waals surface area contributed by atoms with Gasteiger partial charge in [0.1, 0.15) is 5.82 Å². The molecular weight excluding hydrogens is 213 g/mol. The SMILES string of the molecule is CC(C)NCC(=Cc1ccccc1F)C(C)C. The number of rotatable bonds is 5. The zero-order valence-electron chi connectivity index (χ0n) is 11.1. The number of halogens is 1. The van der Waals surface area contributed by atoms with Gasteiger partial charge in [0.15, 0.2) is 0 Å². The number of benzene rings is 1. The molecule has 1 aromatic rings. The fourth-order valence-electron chi connectivity index (χ4n) is 1.54. The van der Waals surface area contributed by atoms with E-state index in [0.717, 1.165) is 6.54 Å². The van der Waals surface area contributed by atoms with E-state index in [0.29, 0.717) is 17.5 Å². The Morgan fingerprint density at radius 1 is 1.24 bits per heavy atom. The van der Waals surface area contributed by atoms with Gasteiger partial charge in [0.05, 0.1) is 0 Å². The fourth-order valence-corrected chi connectivity index (χ4v) is 1.54. The maximum Gasteiger partial charge on any atom is 0.130 e. The van der Waals surface area contributed by atoms with E-state index < -0.39 is 0 Å². The Balaban J connectivity index is 2.87. The molecule has 94 valence electrons. The molecule has 1 N–H and O–H groups in total. The zero-order valence-corrected chi connectivity index (χ0v) is 11.1. The van der Waals surface area contributed by atoms with E-state index in [2.05, 4.69) is 33.0 Å². The first-order valence-corrected chi connectivity index (χ1v) is 6.19. The van der Waals surface area contributed by atoms with Crippen molar-refractivity contribution in [1.29, 1.82) is 0 Å². The number of nitrogens with one attached hydrogen (secondary N) is 1. The van der Waals surface area contributed by atoms with Crippen molar-refractivity contribution >= 4 is 6.08 Å². The summed E-state index contributed by atoms with van der Waals surface area (Å²) in [6.07, 6.45) is 1.95. The molecule has 0 aliphatic heterocycles. The first kappa shape index (κ1) is 13.9. The van der Waals surface area contributed by atoms with Crippen LogP contribution in [0.5, 0.6) is 0 Å². The molecule has 0 saturated heterocycles. The van der Waals surface area contributed by atoms with Crippen molar-refractivity contribution in [1.82, 2.24) is 5.32 Å². The van der Waals surface area contributed by atoms with Gasteiger partial charge >= 0.3 is 0 Å². The van der Waals surface area contributed by atoms with Crippen LogP contribution < -0.4 is 5.32 Å². The lowest BCUT2D eigenvalue weighted by Gasteiger charge is -2.15. The Kier molecular flexibility index (Phi) is 5.36. The molecule has 0 spiro atoms. The van der Waals surface area contributed by atoms with Crippen LogP contribution >= 0.6 is 0 Å². The summed E-state index contributed by atoms with van der Waals surface area (Å²) in [6.45, 7) is 9.30. The molecule has 0 unspecified atom stereocenters. The fraction of sp³-hybridized carbons (Fsp3) is 0.467. The summed E-state index contributed by atoms with van der Waals surface area (Å²) in [5, 5.41) is 3.38. The van der Waals surface area contributed by atoms with Crippen molar-refractivity contribution in [3.8, 4) is 0 Å². The number of hydrogen-bond donors (Lipinski definition) is 1. The molecule has 0 aliphatic rings. The third-order valence-electron chi connectivity index (χ3n) is 2.70. The third-order valence-corrected chi connectivity index (χ3v) is 2.70. The van der Waals surface area contributed by atoms with Crippen molar-refractivity contribution in [3.63, 3.8) is 0 Å². The summed E-state index contributed by atoms with van der Waals surface area (Å²) in [4.78, 5) is 0. The van der Waals surface area contributed by atoms with E-state index in [1.165, 1.54) is 11.6 Å². The lowest BCUT2D eigenvalue weighted by atomic mass is 10.00. The minimum absolute atomic E-state index is 0.157. The minimum atomic E-state index is -0.157. The maximum absolute atomic E-state index is 13.5. The van der Waals surface area contributed by atoms with Gasteiger partial charge in [-0.15, -0.1) is 0 Å². The predicted molar refractivity (Wildman–Crippen MR) is 72.4 cm³/mol. The van der Waals surface area contributed by atoms with Crippen LogP contribution in [0.4, 0.5) is 4.39 Å². The van der Waals surface area contributed by atoms with Crippen molar-refractivity contribution in [2.45, 2.75) is 33.7 Å². The van der Waals surface area contributed by atoms with E-state index in [4.69, 9.17) is 0 Å². The normalized spacial score (nSPS) is 12.5. The standard InChI is InChI=1S/C15H22FN/c1-11(2)14(10-17-12(3)4)9-13-7-5-6-8-15(13)16/h5-9,11-12,17H,10H2,1-4H3. The second-order valence-corrected chi connectivity index (χ2v) is 4.93. The summed E-state index contributed by atoms with van der Waals surface area (Å²) < 4.78 is 13.5. The van der Waals surface area contributed by atoms with Crippen LogP contribution in [-0.4, -0.2) is 12.6 Å². The maximum atomic E-state index is 13.5. The van der Waals surface area contributed by atoms with Crippen LogP contribution in [0.1, 0.15) is 33.3 Å². The first-order chi connectivity index (χ1) is 8.00. The molecule has 0 amide bonds.